The Balaban J connectivity index is 3.12. The van der Waals surface area contributed by atoms with Crippen LogP contribution in [0.3, 0.4) is 0 Å². The van der Waals surface area contributed by atoms with Crippen LogP contribution in [0.2, 0.25) is 0 Å². The van der Waals surface area contributed by atoms with Crippen molar-refractivity contribution >= 4 is 35.2 Å². The van der Waals surface area contributed by atoms with E-state index in [1.807, 2.05) is 0 Å². The zero-order chi connectivity index (χ0) is 16.7. The van der Waals surface area contributed by atoms with Crippen molar-refractivity contribution in [2.45, 2.75) is 18.2 Å². The lowest BCUT2D eigenvalue weighted by Gasteiger charge is -2.04. The molecule has 0 N–H and O–H groups in total. The summed E-state index contributed by atoms with van der Waals surface area (Å²) in [7, 11) is 3.17. The number of thioether (sulfide) groups is 1. The summed E-state index contributed by atoms with van der Waals surface area (Å²) < 4.78 is 6.63. The van der Waals surface area contributed by atoms with Crippen LogP contribution in [-0.2, 0) is 4.74 Å². The molecule has 0 aliphatic carbocycles. The first-order valence-corrected chi connectivity index (χ1v) is 8.42. The monoisotopic (exact) mass is 344 g/mol. The van der Waals surface area contributed by atoms with E-state index in [9.17, 15) is 9.59 Å². The van der Waals surface area contributed by atoms with Crippen molar-refractivity contribution < 1.29 is 14.3 Å². The molecule has 0 radical (unpaired) electrons. The summed E-state index contributed by atoms with van der Waals surface area (Å²) in [5, 5.41) is 4.17. The van der Waals surface area contributed by atoms with Crippen LogP contribution in [0.5, 0.6) is 0 Å². The number of carbonyl (C=O) groups excluding carboxylic acids is 2. The summed E-state index contributed by atoms with van der Waals surface area (Å²) >= 11 is 2.70. The molecule has 0 spiro atoms. The minimum absolute atomic E-state index is 0.0684. The Morgan fingerprint density at radius 1 is 1.55 bits per heavy atom. The first kappa shape index (κ1) is 18.4. The van der Waals surface area contributed by atoms with Crippen molar-refractivity contribution in [3.8, 4) is 0 Å². The van der Waals surface area contributed by atoms with Crippen LogP contribution >= 0.6 is 23.1 Å². The second kappa shape index (κ2) is 8.74. The van der Waals surface area contributed by atoms with Gasteiger partial charge in [0.15, 0.2) is 4.34 Å². The summed E-state index contributed by atoms with van der Waals surface area (Å²) in [6.45, 7) is 7.73. The van der Waals surface area contributed by atoms with E-state index in [0.29, 0.717) is 10.3 Å². The molecule has 7 nitrogen and oxygen atoms in total. The van der Waals surface area contributed by atoms with E-state index in [2.05, 4.69) is 30.5 Å². The maximum absolute atomic E-state index is 12.0. The minimum atomic E-state index is -0.683. The second-order valence-corrected chi connectivity index (χ2v) is 7.14. The summed E-state index contributed by atoms with van der Waals surface area (Å²) in [6, 6.07) is -0.464. The van der Waals surface area contributed by atoms with Crippen molar-refractivity contribution in [2.75, 3.05) is 26.5 Å². The van der Waals surface area contributed by atoms with Gasteiger partial charge in [-0.3, -0.25) is 0 Å². The molecule has 0 atom stereocenters. The maximum Gasteiger partial charge on any atom is 0.437 e. The lowest BCUT2D eigenvalue weighted by molar-refractivity contribution is 0.155. The molecule has 2 amide bonds. The highest BCUT2D eigenvalue weighted by Crippen LogP contribution is 2.20. The molecule has 0 aliphatic rings. The van der Waals surface area contributed by atoms with Gasteiger partial charge in [0.1, 0.15) is 6.61 Å². The van der Waals surface area contributed by atoms with E-state index in [1.54, 1.807) is 14.1 Å². The molecule has 122 valence electrons. The van der Waals surface area contributed by atoms with Gasteiger partial charge in [0, 0.05) is 19.8 Å². The largest absolute Gasteiger partial charge is 0.444 e. The lowest BCUT2D eigenvalue weighted by atomic mass is 10.3. The van der Waals surface area contributed by atoms with Gasteiger partial charge in [-0.2, -0.15) is 4.99 Å². The molecule has 0 saturated carbocycles. The number of rotatable bonds is 5. The molecule has 1 aromatic heterocycles. The number of amides is 2. The fourth-order valence-electron chi connectivity index (χ4n) is 1.12. The van der Waals surface area contributed by atoms with Crippen LogP contribution in [-0.4, -0.2) is 53.3 Å². The standard InChI is InChI=1S/C13H20N4O3S2/c1-6-7-20-13(19)17-11(14-10(18)16(4)5)22-12(15-17)21-8-9(2)3/h6,9H,1,7-8H2,2-5H3. The zero-order valence-corrected chi connectivity index (χ0v) is 14.7. The first-order valence-electron chi connectivity index (χ1n) is 6.62. The molecule has 0 aliphatic heterocycles. The van der Waals surface area contributed by atoms with Gasteiger partial charge in [0.05, 0.1) is 0 Å². The number of hydrogen-bond donors (Lipinski definition) is 0. The predicted molar refractivity (Wildman–Crippen MR) is 87.3 cm³/mol. The third-order valence-electron chi connectivity index (χ3n) is 2.15. The summed E-state index contributed by atoms with van der Waals surface area (Å²) in [5.74, 6) is 1.34. The normalized spacial score (nSPS) is 11.6. The summed E-state index contributed by atoms with van der Waals surface area (Å²) in [6.07, 6.45) is 0.777. The molecular formula is C13H20N4O3S2. The molecule has 0 bridgehead atoms. The van der Waals surface area contributed by atoms with E-state index in [1.165, 1.54) is 34.1 Å². The molecule has 1 heterocycles. The van der Waals surface area contributed by atoms with Gasteiger partial charge in [0.2, 0.25) is 4.80 Å². The van der Waals surface area contributed by atoms with Gasteiger partial charge >= 0.3 is 12.1 Å². The highest BCUT2D eigenvalue weighted by Gasteiger charge is 2.15. The van der Waals surface area contributed by atoms with Gasteiger partial charge in [-0.25, -0.2) is 9.59 Å². The van der Waals surface area contributed by atoms with Crippen LogP contribution in [0.1, 0.15) is 13.8 Å². The van der Waals surface area contributed by atoms with Crippen molar-refractivity contribution in [3.63, 3.8) is 0 Å². The van der Waals surface area contributed by atoms with Gasteiger partial charge in [0.25, 0.3) is 0 Å². The van der Waals surface area contributed by atoms with Crippen LogP contribution in [0, 0.1) is 5.92 Å². The Morgan fingerprint density at radius 2 is 2.23 bits per heavy atom. The van der Waals surface area contributed by atoms with Crippen LogP contribution in [0.4, 0.5) is 9.59 Å². The Hall–Kier alpha value is -1.61. The Kier molecular flexibility index (Phi) is 7.33. The van der Waals surface area contributed by atoms with Gasteiger partial charge in [-0.15, -0.1) is 9.78 Å². The number of hydrogen-bond acceptors (Lipinski definition) is 6. The Bertz CT molecular complexity index is 605. The van der Waals surface area contributed by atoms with E-state index in [0.717, 1.165) is 10.4 Å². The molecule has 9 heteroatoms. The van der Waals surface area contributed by atoms with E-state index >= 15 is 0 Å². The topological polar surface area (TPSA) is 76.8 Å². The summed E-state index contributed by atoms with van der Waals surface area (Å²) in [4.78, 5) is 29.1. The van der Waals surface area contributed by atoms with Gasteiger partial charge < -0.3 is 9.64 Å². The minimum Gasteiger partial charge on any atom is -0.444 e. The molecule has 22 heavy (non-hydrogen) atoms. The third-order valence-corrected chi connectivity index (χ3v) is 4.62. The Labute approximate surface area is 137 Å². The van der Waals surface area contributed by atoms with Gasteiger partial charge in [-0.1, -0.05) is 49.6 Å². The summed E-state index contributed by atoms with van der Waals surface area (Å²) in [5.41, 5.74) is 0. The highest BCUT2D eigenvalue weighted by molar-refractivity contribution is 8.00. The average molecular weight is 344 g/mol. The van der Waals surface area contributed by atoms with Crippen LogP contribution in [0.25, 0.3) is 0 Å². The molecule has 0 saturated heterocycles. The quantitative estimate of drug-likeness (QED) is 0.606. The van der Waals surface area contributed by atoms with Crippen LogP contribution in [0.15, 0.2) is 22.0 Å². The van der Waals surface area contributed by atoms with E-state index in [4.69, 9.17) is 4.74 Å². The number of aromatic nitrogens is 2. The van der Waals surface area contributed by atoms with Crippen molar-refractivity contribution in [3.05, 3.63) is 17.5 Å². The second-order valence-electron chi connectivity index (χ2n) is 4.92. The molecular weight excluding hydrogens is 324 g/mol. The van der Waals surface area contributed by atoms with E-state index < -0.39 is 12.1 Å². The molecule has 0 aromatic carbocycles. The molecule has 0 unspecified atom stereocenters. The van der Waals surface area contributed by atoms with E-state index in [-0.39, 0.29) is 11.4 Å². The molecule has 1 rings (SSSR count). The smallest absolute Gasteiger partial charge is 0.437 e. The number of ether oxygens (including phenoxy) is 1. The number of urea groups is 1. The molecule has 0 fully saturated rings. The third kappa shape index (κ3) is 5.64. The Morgan fingerprint density at radius 3 is 2.77 bits per heavy atom. The zero-order valence-electron chi connectivity index (χ0n) is 13.1. The fraction of sp³-hybridized carbons (Fsp3) is 0.538. The maximum atomic E-state index is 12.0. The SMILES string of the molecule is C=CCOC(=O)n1nc(SCC(C)C)sc1=NC(=O)N(C)C. The highest BCUT2D eigenvalue weighted by atomic mass is 32.2. The fourth-order valence-corrected chi connectivity index (χ4v) is 3.01. The predicted octanol–water partition coefficient (Wildman–Crippen LogP) is 2.45. The van der Waals surface area contributed by atoms with Gasteiger partial charge in [-0.05, 0) is 5.92 Å². The first-order chi connectivity index (χ1) is 10.3. The average Bonchev–Trinajstić information content (AvgIpc) is 2.85. The van der Waals surface area contributed by atoms with Crippen molar-refractivity contribution in [1.29, 1.82) is 0 Å². The number of nitrogens with zero attached hydrogens (tertiary/aromatic N) is 4. The van der Waals surface area contributed by atoms with Crippen molar-refractivity contribution in [1.82, 2.24) is 14.7 Å². The van der Waals surface area contributed by atoms with Crippen LogP contribution < -0.4 is 4.80 Å². The van der Waals surface area contributed by atoms with Crippen molar-refractivity contribution in [2.24, 2.45) is 10.9 Å². The lowest BCUT2D eigenvalue weighted by Crippen LogP contribution is -2.29. The number of carbonyl (C=O) groups is 2. The molecule has 1 aromatic rings.